The van der Waals surface area contributed by atoms with Crippen molar-refractivity contribution in [1.29, 1.82) is 0 Å². The van der Waals surface area contributed by atoms with Crippen molar-refractivity contribution in [3.8, 4) is 5.75 Å². The third kappa shape index (κ3) is 3.33. The second-order valence-electron chi connectivity index (χ2n) is 4.24. The van der Waals surface area contributed by atoms with E-state index in [2.05, 4.69) is 15.9 Å². The van der Waals surface area contributed by atoms with Crippen LogP contribution in [-0.2, 0) is 6.61 Å². The molecule has 2 rings (SSSR count). The van der Waals surface area contributed by atoms with Gasteiger partial charge in [0.15, 0.2) is 0 Å². The minimum atomic E-state index is -0.473. The Morgan fingerprint density at radius 3 is 2.70 bits per heavy atom. The van der Waals surface area contributed by atoms with Gasteiger partial charge in [-0.2, -0.15) is 0 Å². The van der Waals surface area contributed by atoms with Crippen LogP contribution in [0.25, 0.3) is 0 Å². The molecule has 0 aliphatic rings. The van der Waals surface area contributed by atoms with Crippen LogP contribution in [0.3, 0.4) is 0 Å². The SMILES string of the molecule is Cc1ccc(OCc2ccc(Br)c([N+](=O)[O-])c2)cc1F. The Labute approximate surface area is 123 Å². The number of benzene rings is 2. The summed E-state index contributed by atoms with van der Waals surface area (Å²) in [6, 6.07) is 9.30. The molecule has 0 radical (unpaired) electrons. The van der Waals surface area contributed by atoms with Gasteiger partial charge in [-0.05, 0) is 46.1 Å². The van der Waals surface area contributed by atoms with Gasteiger partial charge in [0.1, 0.15) is 18.2 Å². The van der Waals surface area contributed by atoms with Crippen LogP contribution in [-0.4, -0.2) is 4.92 Å². The lowest BCUT2D eigenvalue weighted by atomic mass is 10.2. The van der Waals surface area contributed by atoms with Crippen molar-refractivity contribution in [2.75, 3.05) is 0 Å². The smallest absolute Gasteiger partial charge is 0.283 e. The van der Waals surface area contributed by atoms with Crippen LogP contribution in [0.15, 0.2) is 40.9 Å². The molecule has 6 heteroatoms. The van der Waals surface area contributed by atoms with Crippen molar-refractivity contribution >= 4 is 21.6 Å². The maximum atomic E-state index is 13.4. The fourth-order valence-corrected chi connectivity index (χ4v) is 2.01. The highest BCUT2D eigenvalue weighted by atomic mass is 79.9. The Bertz CT molecular complexity index is 661. The molecule has 0 atom stereocenters. The van der Waals surface area contributed by atoms with Crippen LogP contribution in [0, 0.1) is 22.9 Å². The van der Waals surface area contributed by atoms with Crippen molar-refractivity contribution in [2.45, 2.75) is 13.5 Å². The van der Waals surface area contributed by atoms with E-state index in [1.807, 2.05) is 0 Å². The van der Waals surface area contributed by atoms with E-state index < -0.39 is 4.92 Å². The van der Waals surface area contributed by atoms with Crippen LogP contribution in [0.1, 0.15) is 11.1 Å². The van der Waals surface area contributed by atoms with Crippen molar-refractivity contribution in [3.63, 3.8) is 0 Å². The predicted octanol–water partition coefficient (Wildman–Crippen LogP) is 4.38. The first-order chi connectivity index (χ1) is 9.47. The van der Waals surface area contributed by atoms with E-state index in [1.165, 1.54) is 12.1 Å². The predicted molar refractivity (Wildman–Crippen MR) is 76.3 cm³/mol. The Hall–Kier alpha value is -1.95. The molecule has 0 aliphatic carbocycles. The van der Waals surface area contributed by atoms with E-state index in [9.17, 15) is 14.5 Å². The van der Waals surface area contributed by atoms with Gasteiger partial charge in [0.05, 0.1) is 9.40 Å². The van der Waals surface area contributed by atoms with Gasteiger partial charge in [-0.1, -0.05) is 12.1 Å². The number of hydrogen-bond acceptors (Lipinski definition) is 3. The minimum Gasteiger partial charge on any atom is -0.489 e. The molecule has 0 aliphatic heterocycles. The number of nitrogens with zero attached hydrogens (tertiary/aromatic N) is 1. The van der Waals surface area contributed by atoms with Crippen LogP contribution < -0.4 is 4.74 Å². The van der Waals surface area contributed by atoms with Gasteiger partial charge in [0.25, 0.3) is 5.69 Å². The van der Waals surface area contributed by atoms with Crippen LogP contribution >= 0.6 is 15.9 Å². The highest BCUT2D eigenvalue weighted by Crippen LogP contribution is 2.26. The Morgan fingerprint density at radius 2 is 2.05 bits per heavy atom. The summed E-state index contributed by atoms with van der Waals surface area (Å²) in [5.74, 6) is 0.0444. The van der Waals surface area contributed by atoms with E-state index in [4.69, 9.17) is 4.74 Å². The van der Waals surface area contributed by atoms with E-state index >= 15 is 0 Å². The third-order valence-corrected chi connectivity index (χ3v) is 3.43. The summed E-state index contributed by atoms with van der Waals surface area (Å²) in [4.78, 5) is 10.3. The molecule has 2 aromatic rings. The Kier molecular flexibility index (Phi) is 4.34. The lowest BCUT2D eigenvalue weighted by molar-refractivity contribution is -0.385. The van der Waals surface area contributed by atoms with Crippen LogP contribution in [0.5, 0.6) is 5.75 Å². The van der Waals surface area contributed by atoms with Crippen molar-refractivity contribution in [2.24, 2.45) is 0 Å². The van der Waals surface area contributed by atoms with Gasteiger partial charge in [-0.25, -0.2) is 4.39 Å². The molecule has 0 heterocycles. The summed E-state index contributed by atoms with van der Waals surface area (Å²) in [7, 11) is 0. The number of nitro benzene ring substituents is 1. The second-order valence-corrected chi connectivity index (χ2v) is 5.10. The Balaban J connectivity index is 2.12. The van der Waals surface area contributed by atoms with Gasteiger partial charge in [-0.15, -0.1) is 0 Å². The van der Waals surface area contributed by atoms with Gasteiger partial charge < -0.3 is 4.74 Å². The van der Waals surface area contributed by atoms with Gasteiger partial charge in [0, 0.05) is 12.1 Å². The first-order valence-electron chi connectivity index (χ1n) is 5.79. The first-order valence-corrected chi connectivity index (χ1v) is 6.58. The lowest BCUT2D eigenvalue weighted by Gasteiger charge is -2.07. The summed E-state index contributed by atoms with van der Waals surface area (Å²) in [6.45, 7) is 1.80. The summed E-state index contributed by atoms with van der Waals surface area (Å²) >= 11 is 3.11. The number of ether oxygens (including phenoxy) is 1. The lowest BCUT2D eigenvalue weighted by Crippen LogP contribution is -1.98. The van der Waals surface area contributed by atoms with Gasteiger partial charge in [0.2, 0.25) is 0 Å². The zero-order valence-electron chi connectivity index (χ0n) is 10.6. The average Bonchev–Trinajstić information content (AvgIpc) is 2.41. The number of halogens is 2. The molecule has 0 bridgehead atoms. The van der Waals surface area contributed by atoms with Crippen molar-refractivity contribution < 1.29 is 14.1 Å². The average molecular weight is 340 g/mol. The highest BCUT2D eigenvalue weighted by molar-refractivity contribution is 9.10. The molecule has 0 saturated carbocycles. The molecule has 0 aromatic heterocycles. The monoisotopic (exact) mass is 339 g/mol. The molecule has 0 N–H and O–H groups in total. The van der Waals surface area contributed by atoms with Gasteiger partial charge in [-0.3, -0.25) is 10.1 Å². The molecule has 0 fully saturated rings. The first kappa shape index (κ1) is 14.5. The third-order valence-electron chi connectivity index (χ3n) is 2.76. The van der Waals surface area contributed by atoms with E-state index in [0.717, 1.165) is 0 Å². The zero-order chi connectivity index (χ0) is 14.7. The minimum absolute atomic E-state index is 0.0267. The second kappa shape index (κ2) is 6.00. The molecule has 2 aromatic carbocycles. The van der Waals surface area contributed by atoms with Crippen LogP contribution in [0.4, 0.5) is 10.1 Å². The number of aryl methyl sites for hydroxylation is 1. The number of rotatable bonds is 4. The van der Waals surface area contributed by atoms with E-state index in [-0.39, 0.29) is 18.1 Å². The van der Waals surface area contributed by atoms with Gasteiger partial charge >= 0.3 is 0 Å². The van der Waals surface area contributed by atoms with Crippen molar-refractivity contribution in [1.82, 2.24) is 0 Å². The molecule has 0 spiro atoms. The Morgan fingerprint density at radius 1 is 1.30 bits per heavy atom. The normalized spacial score (nSPS) is 10.3. The summed E-state index contributed by atoms with van der Waals surface area (Å²) in [5, 5.41) is 10.8. The molecular formula is C14H11BrFNO3. The quantitative estimate of drug-likeness (QED) is 0.613. The summed E-state index contributed by atoms with van der Waals surface area (Å²) < 4.78 is 19.2. The maximum absolute atomic E-state index is 13.4. The van der Waals surface area contributed by atoms with Crippen molar-refractivity contribution in [3.05, 3.63) is 67.9 Å². The van der Waals surface area contributed by atoms with E-state index in [0.29, 0.717) is 21.3 Å². The highest BCUT2D eigenvalue weighted by Gasteiger charge is 2.12. The maximum Gasteiger partial charge on any atom is 0.283 e. The standard InChI is InChI=1S/C14H11BrFNO3/c1-9-2-4-11(7-13(9)16)20-8-10-3-5-12(15)14(6-10)17(18)19/h2-7H,8H2,1H3. The largest absolute Gasteiger partial charge is 0.489 e. The molecule has 4 nitrogen and oxygen atoms in total. The molecule has 20 heavy (non-hydrogen) atoms. The molecule has 0 unspecified atom stereocenters. The number of nitro groups is 1. The number of hydrogen-bond donors (Lipinski definition) is 0. The molecular weight excluding hydrogens is 329 g/mol. The topological polar surface area (TPSA) is 52.4 Å². The molecule has 0 amide bonds. The zero-order valence-corrected chi connectivity index (χ0v) is 12.2. The fourth-order valence-electron chi connectivity index (χ4n) is 1.62. The molecule has 104 valence electrons. The van der Waals surface area contributed by atoms with Crippen LogP contribution in [0.2, 0.25) is 0 Å². The molecule has 0 saturated heterocycles. The summed E-state index contributed by atoms with van der Waals surface area (Å²) in [5.41, 5.74) is 1.15. The fraction of sp³-hybridized carbons (Fsp3) is 0.143. The summed E-state index contributed by atoms with van der Waals surface area (Å²) in [6.07, 6.45) is 0. The van der Waals surface area contributed by atoms with E-state index in [1.54, 1.807) is 31.2 Å².